The van der Waals surface area contributed by atoms with Crippen molar-refractivity contribution in [3.8, 4) is 0 Å². The monoisotopic (exact) mass is 269 g/mol. The largest absolute Gasteiger partial charge is 0.464 e. The van der Waals surface area contributed by atoms with Crippen LogP contribution in [-0.2, 0) is 11.2 Å². The number of imidazole rings is 1. The number of carbonyl (C=O) groups excluding carboxylic acids is 1. The molecule has 18 heavy (non-hydrogen) atoms. The van der Waals surface area contributed by atoms with Crippen LogP contribution in [0, 0.1) is 4.77 Å². The highest BCUT2D eigenvalue weighted by molar-refractivity contribution is 7.71. The summed E-state index contributed by atoms with van der Waals surface area (Å²) in [6.07, 6.45) is 4.66. The van der Waals surface area contributed by atoms with Crippen molar-refractivity contribution in [3.63, 3.8) is 0 Å². The minimum Gasteiger partial charge on any atom is -0.464 e. The van der Waals surface area contributed by atoms with Gasteiger partial charge in [0, 0.05) is 18.7 Å². The third-order valence-electron chi connectivity index (χ3n) is 3.32. The van der Waals surface area contributed by atoms with Crippen molar-refractivity contribution in [1.29, 1.82) is 0 Å². The minimum absolute atomic E-state index is 0.365. The van der Waals surface area contributed by atoms with E-state index in [4.69, 9.17) is 17.0 Å². The smallest absolute Gasteiger partial charge is 0.356 e. The van der Waals surface area contributed by atoms with Crippen molar-refractivity contribution in [3.05, 3.63) is 16.2 Å². The highest BCUT2D eigenvalue weighted by atomic mass is 32.1. The van der Waals surface area contributed by atoms with E-state index in [0.29, 0.717) is 10.5 Å². The molecule has 1 aliphatic rings. The van der Waals surface area contributed by atoms with Gasteiger partial charge in [-0.1, -0.05) is 6.42 Å². The van der Waals surface area contributed by atoms with Gasteiger partial charge in [-0.2, -0.15) is 0 Å². The van der Waals surface area contributed by atoms with E-state index in [2.05, 4.69) is 14.9 Å². The van der Waals surface area contributed by atoms with Gasteiger partial charge >= 0.3 is 5.97 Å². The summed E-state index contributed by atoms with van der Waals surface area (Å²) in [6, 6.07) is 0. The Morgan fingerprint density at radius 3 is 2.72 bits per heavy atom. The molecule has 0 aliphatic carbocycles. The molecule has 5 nitrogen and oxygen atoms in total. The van der Waals surface area contributed by atoms with Gasteiger partial charge in [-0.25, -0.2) is 4.79 Å². The predicted molar refractivity (Wildman–Crippen MR) is 71.3 cm³/mol. The Hall–Kier alpha value is -1.14. The summed E-state index contributed by atoms with van der Waals surface area (Å²) >= 11 is 5.03. The Kier molecular flexibility index (Phi) is 4.54. The Bertz CT molecular complexity index is 460. The average molecular weight is 269 g/mol. The first kappa shape index (κ1) is 13.3. The molecule has 0 aromatic carbocycles. The minimum atomic E-state index is -0.365. The van der Waals surface area contributed by atoms with Crippen LogP contribution in [-0.4, -0.2) is 47.6 Å². The van der Waals surface area contributed by atoms with E-state index in [1.807, 2.05) is 0 Å². The summed E-state index contributed by atoms with van der Waals surface area (Å²) in [5, 5.41) is 0. The van der Waals surface area contributed by atoms with Gasteiger partial charge in [0.05, 0.1) is 7.11 Å². The number of aromatic nitrogens is 2. The molecule has 1 aliphatic heterocycles. The molecule has 0 bridgehead atoms. The van der Waals surface area contributed by atoms with E-state index >= 15 is 0 Å². The molecule has 1 fully saturated rings. The van der Waals surface area contributed by atoms with Crippen LogP contribution in [0.1, 0.15) is 35.4 Å². The zero-order valence-corrected chi connectivity index (χ0v) is 11.4. The second-order valence-corrected chi connectivity index (χ2v) is 4.98. The number of methoxy groups -OCH3 is 1. The molecule has 2 N–H and O–H groups in total. The topological polar surface area (TPSA) is 61.1 Å². The molecule has 1 aromatic heterocycles. The van der Waals surface area contributed by atoms with Crippen molar-refractivity contribution in [2.24, 2.45) is 0 Å². The first-order chi connectivity index (χ1) is 8.70. The molecular weight excluding hydrogens is 250 g/mol. The highest BCUT2D eigenvalue weighted by Gasteiger charge is 2.16. The van der Waals surface area contributed by atoms with Gasteiger partial charge in [0.15, 0.2) is 4.77 Å². The molecule has 2 rings (SSSR count). The van der Waals surface area contributed by atoms with Gasteiger partial charge < -0.3 is 19.6 Å². The lowest BCUT2D eigenvalue weighted by Crippen LogP contribution is -2.31. The zero-order valence-electron chi connectivity index (χ0n) is 10.6. The van der Waals surface area contributed by atoms with Crippen molar-refractivity contribution >= 4 is 18.2 Å². The number of hydrogen-bond donors (Lipinski definition) is 2. The summed E-state index contributed by atoms with van der Waals surface area (Å²) in [5.41, 5.74) is 1.30. The lowest BCUT2D eigenvalue weighted by Gasteiger charge is -2.26. The third kappa shape index (κ3) is 3.20. The fourth-order valence-corrected chi connectivity index (χ4v) is 2.56. The van der Waals surface area contributed by atoms with Gasteiger partial charge in [0.2, 0.25) is 0 Å². The van der Waals surface area contributed by atoms with Crippen LogP contribution in [0.3, 0.4) is 0 Å². The fraction of sp³-hybridized carbons (Fsp3) is 0.667. The number of carbonyl (C=O) groups is 1. The zero-order chi connectivity index (χ0) is 13.0. The van der Waals surface area contributed by atoms with Crippen LogP contribution in [0.4, 0.5) is 0 Å². The van der Waals surface area contributed by atoms with E-state index in [9.17, 15) is 4.79 Å². The standard InChI is InChI=1S/C12H19N3O2S/c1-17-11(16)10-9(13-12(18)14-10)5-8-15-6-3-2-4-7-15/h2-8H2,1H3,(H2,13,14,18). The van der Waals surface area contributed by atoms with E-state index < -0.39 is 0 Å². The van der Waals surface area contributed by atoms with Crippen LogP contribution >= 0.6 is 12.2 Å². The fourth-order valence-electron chi connectivity index (χ4n) is 2.34. The number of H-pyrrole nitrogens is 2. The summed E-state index contributed by atoms with van der Waals surface area (Å²) in [7, 11) is 1.38. The van der Waals surface area contributed by atoms with Gasteiger partial charge in [-0.15, -0.1) is 0 Å². The summed E-state index contributed by atoms with van der Waals surface area (Å²) in [6.45, 7) is 3.25. The molecule has 0 radical (unpaired) electrons. The lowest BCUT2D eigenvalue weighted by atomic mass is 10.1. The van der Waals surface area contributed by atoms with E-state index in [1.165, 1.54) is 26.4 Å². The Balaban J connectivity index is 1.99. The second-order valence-electron chi connectivity index (χ2n) is 4.58. The van der Waals surface area contributed by atoms with E-state index in [1.54, 1.807) is 0 Å². The highest BCUT2D eigenvalue weighted by Crippen LogP contribution is 2.11. The number of nitrogens with one attached hydrogen (secondary N) is 2. The van der Waals surface area contributed by atoms with Gasteiger partial charge in [-0.05, 0) is 38.1 Å². The lowest BCUT2D eigenvalue weighted by molar-refractivity contribution is 0.0593. The summed E-state index contributed by atoms with van der Waals surface area (Å²) in [4.78, 5) is 19.9. The number of likely N-dealkylation sites (tertiary alicyclic amines) is 1. The molecule has 0 spiro atoms. The molecule has 0 saturated carbocycles. The van der Waals surface area contributed by atoms with E-state index in [-0.39, 0.29) is 5.97 Å². The SMILES string of the molecule is COC(=O)c1[nH]c(=S)[nH]c1CCN1CCCCC1. The average Bonchev–Trinajstić information content (AvgIpc) is 2.78. The first-order valence-corrected chi connectivity index (χ1v) is 6.73. The van der Waals surface area contributed by atoms with Crippen LogP contribution in [0.2, 0.25) is 0 Å². The molecule has 2 heterocycles. The normalized spacial score (nSPS) is 16.7. The number of nitrogens with zero attached hydrogens (tertiary/aromatic N) is 1. The number of rotatable bonds is 4. The number of hydrogen-bond acceptors (Lipinski definition) is 4. The van der Waals surface area contributed by atoms with Gasteiger partial charge in [0.1, 0.15) is 5.69 Å². The van der Waals surface area contributed by atoms with Crippen molar-refractivity contribution in [2.75, 3.05) is 26.7 Å². The molecular formula is C12H19N3O2S. The van der Waals surface area contributed by atoms with Gasteiger partial charge in [0.25, 0.3) is 0 Å². The van der Waals surface area contributed by atoms with Crippen molar-refractivity contribution in [1.82, 2.24) is 14.9 Å². The second kappa shape index (κ2) is 6.15. The number of esters is 1. The van der Waals surface area contributed by atoms with Crippen LogP contribution in [0.15, 0.2) is 0 Å². The van der Waals surface area contributed by atoms with Gasteiger partial charge in [-0.3, -0.25) is 0 Å². The molecule has 1 aromatic rings. The number of aromatic amines is 2. The molecule has 0 atom stereocenters. The third-order valence-corrected chi connectivity index (χ3v) is 3.53. The molecule has 100 valence electrons. The maximum absolute atomic E-state index is 11.6. The summed E-state index contributed by atoms with van der Waals surface area (Å²) < 4.78 is 5.21. The number of ether oxygens (including phenoxy) is 1. The molecule has 6 heteroatoms. The van der Waals surface area contributed by atoms with Crippen molar-refractivity contribution in [2.45, 2.75) is 25.7 Å². The predicted octanol–water partition coefficient (Wildman–Crippen LogP) is 1.89. The Morgan fingerprint density at radius 2 is 2.06 bits per heavy atom. The first-order valence-electron chi connectivity index (χ1n) is 6.32. The summed E-state index contributed by atoms with van der Waals surface area (Å²) in [5.74, 6) is -0.365. The van der Waals surface area contributed by atoms with E-state index in [0.717, 1.165) is 31.7 Å². The molecule has 0 amide bonds. The number of piperidine rings is 1. The van der Waals surface area contributed by atoms with Crippen LogP contribution in [0.25, 0.3) is 0 Å². The van der Waals surface area contributed by atoms with Crippen LogP contribution < -0.4 is 0 Å². The molecule has 1 saturated heterocycles. The Morgan fingerprint density at radius 1 is 1.33 bits per heavy atom. The Labute approximate surface area is 112 Å². The maximum Gasteiger partial charge on any atom is 0.356 e. The van der Waals surface area contributed by atoms with Crippen molar-refractivity contribution < 1.29 is 9.53 Å². The van der Waals surface area contributed by atoms with Crippen LogP contribution in [0.5, 0.6) is 0 Å². The quantitative estimate of drug-likeness (QED) is 0.647. The molecule has 0 unspecified atom stereocenters. The maximum atomic E-state index is 11.6.